The molecule has 1 aliphatic heterocycles. The Hall–Kier alpha value is -7.87. The topological polar surface area (TPSA) is 58.8 Å². The third-order valence-corrected chi connectivity index (χ3v) is 11.6. The number of ether oxygens (including phenoxy) is 1. The number of nitriles is 1. The summed E-state index contributed by atoms with van der Waals surface area (Å²) in [6.07, 6.45) is 0. The first-order valence-electron chi connectivity index (χ1n) is 19.5. The van der Waals surface area contributed by atoms with Crippen LogP contribution in [0.25, 0.3) is 67.3 Å². The Morgan fingerprint density at radius 1 is 0.397 bits per heavy atom. The molecular formula is C54H33N3O. The molecule has 0 saturated carbocycles. The molecule has 0 saturated heterocycles. The highest BCUT2D eigenvalue weighted by Gasteiger charge is 2.51. The summed E-state index contributed by atoms with van der Waals surface area (Å²) in [5.41, 5.74) is 15.9. The molecule has 0 bridgehead atoms. The van der Waals surface area contributed by atoms with Crippen molar-refractivity contribution >= 4 is 0 Å². The van der Waals surface area contributed by atoms with E-state index in [4.69, 9.17) is 14.7 Å². The molecule has 9 aromatic rings. The van der Waals surface area contributed by atoms with E-state index in [2.05, 4.69) is 140 Å². The first-order valence-corrected chi connectivity index (χ1v) is 19.5. The minimum Gasteiger partial charge on any atom is -0.457 e. The minimum absolute atomic E-state index is 0.637. The Morgan fingerprint density at radius 3 is 1.62 bits per heavy atom. The zero-order valence-electron chi connectivity index (χ0n) is 31.3. The van der Waals surface area contributed by atoms with Gasteiger partial charge < -0.3 is 4.74 Å². The quantitative estimate of drug-likeness (QED) is 0.176. The van der Waals surface area contributed by atoms with E-state index in [-0.39, 0.29) is 0 Å². The molecule has 2 aliphatic rings. The van der Waals surface area contributed by atoms with Gasteiger partial charge in [0.2, 0.25) is 0 Å². The van der Waals surface area contributed by atoms with Crippen molar-refractivity contribution in [3.05, 3.63) is 228 Å². The third-order valence-electron chi connectivity index (χ3n) is 11.6. The summed E-state index contributed by atoms with van der Waals surface area (Å²) in [4.78, 5) is 10.5. The van der Waals surface area contributed by atoms with Crippen LogP contribution in [0, 0.1) is 11.3 Å². The molecule has 1 aromatic heterocycles. The Balaban J connectivity index is 1.19. The zero-order chi connectivity index (χ0) is 38.6. The molecule has 11 rings (SSSR count). The van der Waals surface area contributed by atoms with Crippen molar-refractivity contribution in [3.63, 3.8) is 0 Å². The highest BCUT2D eigenvalue weighted by Crippen LogP contribution is 2.63. The standard InChI is InChI=1S/C54H33N3O/c55-34-35-14-11-19-38(30-35)39-20-12-21-40(31-39)42-22-13-25-47-52(42)43-32-41(53-56-48(36-15-3-1-4-16-36)33-49(57-53)37-17-5-2-6-18-37)28-29-44(43)54(47)45-23-7-9-26-50(45)58-51-27-10-8-24-46(51)54/h1-33H. The number of nitrogens with zero attached hydrogens (tertiary/aromatic N) is 3. The molecule has 0 radical (unpaired) electrons. The Bertz CT molecular complexity index is 3010. The van der Waals surface area contributed by atoms with Gasteiger partial charge in [-0.25, -0.2) is 9.97 Å². The lowest BCUT2D eigenvalue weighted by molar-refractivity contribution is 0.436. The largest absolute Gasteiger partial charge is 0.457 e. The lowest BCUT2D eigenvalue weighted by Gasteiger charge is -2.39. The fraction of sp³-hybridized carbons (Fsp3) is 0.0185. The lowest BCUT2D eigenvalue weighted by Crippen LogP contribution is -2.32. The van der Waals surface area contributed by atoms with Crippen molar-refractivity contribution in [1.29, 1.82) is 5.26 Å². The van der Waals surface area contributed by atoms with Crippen LogP contribution in [-0.4, -0.2) is 9.97 Å². The maximum absolute atomic E-state index is 9.68. The van der Waals surface area contributed by atoms with Gasteiger partial charge in [0.15, 0.2) is 5.82 Å². The van der Waals surface area contributed by atoms with Crippen LogP contribution in [0.1, 0.15) is 27.8 Å². The maximum atomic E-state index is 9.68. The Kier molecular flexibility index (Phi) is 7.74. The lowest BCUT2D eigenvalue weighted by atomic mass is 9.66. The number of rotatable bonds is 5. The van der Waals surface area contributed by atoms with Gasteiger partial charge in [0, 0.05) is 27.8 Å². The molecule has 1 spiro atoms. The first-order chi connectivity index (χ1) is 28.7. The molecule has 1 aliphatic carbocycles. The van der Waals surface area contributed by atoms with Gasteiger partial charge in [-0.05, 0) is 87.0 Å². The van der Waals surface area contributed by atoms with E-state index in [0.29, 0.717) is 11.4 Å². The fourth-order valence-electron chi connectivity index (χ4n) is 9.06. The van der Waals surface area contributed by atoms with Crippen molar-refractivity contribution < 1.29 is 4.74 Å². The molecule has 0 atom stereocenters. The van der Waals surface area contributed by atoms with Gasteiger partial charge in [0.05, 0.1) is 28.4 Å². The van der Waals surface area contributed by atoms with Gasteiger partial charge >= 0.3 is 0 Å². The summed E-state index contributed by atoms with van der Waals surface area (Å²) in [5.74, 6) is 2.36. The minimum atomic E-state index is -0.647. The highest BCUT2D eigenvalue weighted by molar-refractivity contribution is 5.98. The van der Waals surface area contributed by atoms with Gasteiger partial charge in [0.25, 0.3) is 0 Å². The van der Waals surface area contributed by atoms with E-state index < -0.39 is 5.41 Å². The van der Waals surface area contributed by atoms with Crippen molar-refractivity contribution in [2.75, 3.05) is 0 Å². The van der Waals surface area contributed by atoms with Crippen LogP contribution in [0.15, 0.2) is 200 Å². The van der Waals surface area contributed by atoms with Gasteiger partial charge in [0.1, 0.15) is 11.5 Å². The van der Waals surface area contributed by atoms with E-state index in [1.165, 1.54) is 11.1 Å². The maximum Gasteiger partial charge on any atom is 0.160 e. The number of hydrogen-bond acceptors (Lipinski definition) is 4. The van der Waals surface area contributed by atoms with E-state index in [1.807, 2.05) is 66.7 Å². The monoisotopic (exact) mass is 739 g/mol. The average Bonchev–Trinajstić information content (AvgIpc) is 3.59. The van der Waals surface area contributed by atoms with Gasteiger partial charge in [-0.1, -0.05) is 158 Å². The predicted molar refractivity (Wildman–Crippen MR) is 231 cm³/mol. The number of hydrogen-bond donors (Lipinski definition) is 0. The average molecular weight is 740 g/mol. The van der Waals surface area contributed by atoms with E-state index in [1.54, 1.807) is 0 Å². The van der Waals surface area contributed by atoms with Crippen LogP contribution >= 0.6 is 0 Å². The SMILES string of the molecule is N#Cc1cccc(-c2cccc(-c3cccc4c3-c3cc(-c5nc(-c6ccccc6)cc(-c6ccccc6)n5)ccc3C43c4ccccc4Oc4ccccc43)c2)c1. The Labute approximate surface area is 337 Å². The molecule has 4 heteroatoms. The van der Waals surface area contributed by atoms with Gasteiger partial charge in [-0.3, -0.25) is 0 Å². The zero-order valence-corrected chi connectivity index (χ0v) is 31.3. The van der Waals surface area contributed by atoms with Crippen LogP contribution in [-0.2, 0) is 5.41 Å². The first kappa shape index (κ1) is 33.5. The predicted octanol–water partition coefficient (Wildman–Crippen LogP) is 13.2. The van der Waals surface area contributed by atoms with Crippen LogP contribution in [0.5, 0.6) is 11.5 Å². The molecule has 4 nitrogen and oxygen atoms in total. The van der Waals surface area contributed by atoms with Crippen LogP contribution < -0.4 is 4.74 Å². The van der Waals surface area contributed by atoms with Gasteiger partial charge in [-0.15, -0.1) is 0 Å². The van der Waals surface area contributed by atoms with Crippen LogP contribution in [0.4, 0.5) is 0 Å². The summed E-state index contributed by atoms with van der Waals surface area (Å²) in [7, 11) is 0. The van der Waals surface area contributed by atoms with Crippen LogP contribution in [0.2, 0.25) is 0 Å². The smallest absolute Gasteiger partial charge is 0.160 e. The molecule has 8 aromatic carbocycles. The van der Waals surface area contributed by atoms with Crippen molar-refractivity contribution in [1.82, 2.24) is 9.97 Å². The summed E-state index contributed by atoms with van der Waals surface area (Å²) < 4.78 is 6.65. The van der Waals surface area contributed by atoms with Crippen LogP contribution in [0.3, 0.4) is 0 Å². The molecule has 270 valence electrons. The number of aromatic nitrogens is 2. The molecule has 0 N–H and O–H groups in total. The Morgan fingerprint density at radius 2 is 0.948 bits per heavy atom. The third kappa shape index (κ3) is 5.22. The summed E-state index contributed by atoms with van der Waals surface area (Å²) in [5, 5.41) is 9.68. The molecule has 2 heterocycles. The number of fused-ring (bicyclic) bond motifs is 9. The molecule has 0 unspecified atom stereocenters. The fourth-order valence-corrected chi connectivity index (χ4v) is 9.06. The molecular weight excluding hydrogens is 707 g/mol. The summed E-state index contributed by atoms with van der Waals surface area (Å²) >= 11 is 0. The number of benzene rings is 8. The second kappa shape index (κ2) is 13.4. The summed E-state index contributed by atoms with van der Waals surface area (Å²) in [6, 6.07) is 71.9. The summed E-state index contributed by atoms with van der Waals surface area (Å²) in [6.45, 7) is 0. The molecule has 58 heavy (non-hydrogen) atoms. The molecule has 0 fully saturated rings. The highest BCUT2D eigenvalue weighted by atomic mass is 16.5. The normalized spacial score (nSPS) is 12.7. The van der Waals surface area contributed by atoms with Crippen molar-refractivity contribution in [2.24, 2.45) is 0 Å². The van der Waals surface area contributed by atoms with Crippen molar-refractivity contribution in [2.45, 2.75) is 5.41 Å². The van der Waals surface area contributed by atoms with Gasteiger partial charge in [-0.2, -0.15) is 5.26 Å². The van der Waals surface area contributed by atoms with Crippen molar-refractivity contribution in [3.8, 4) is 84.9 Å². The number of para-hydroxylation sites is 2. The van der Waals surface area contributed by atoms with E-state index in [9.17, 15) is 5.26 Å². The second-order valence-electron chi connectivity index (χ2n) is 14.8. The second-order valence-corrected chi connectivity index (χ2v) is 14.8. The van der Waals surface area contributed by atoms with E-state index >= 15 is 0 Å². The van der Waals surface area contributed by atoms with E-state index in [0.717, 1.165) is 84.1 Å². The molecule has 0 amide bonds.